The molecule has 1 amide bonds. The summed E-state index contributed by atoms with van der Waals surface area (Å²) in [5.41, 5.74) is 0.840. The van der Waals surface area contributed by atoms with Crippen molar-refractivity contribution in [2.75, 3.05) is 33.1 Å². The number of nitrogens with one attached hydrogen (secondary N) is 1. The van der Waals surface area contributed by atoms with E-state index in [0.29, 0.717) is 17.1 Å². The highest BCUT2D eigenvalue weighted by atomic mass is 32.2. The summed E-state index contributed by atoms with van der Waals surface area (Å²) >= 11 is 0. The average Bonchev–Trinajstić information content (AvgIpc) is 3.01. The highest BCUT2D eigenvalue weighted by Crippen LogP contribution is 2.30. The first-order valence-corrected chi connectivity index (χ1v) is 11.4. The van der Waals surface area contributed by atoms with Gasteiger partial charge in [0.2, 0.25) is 15.9 Å². The Balaban J connectivity index is 1.82. The Morgan fingerprint density at radius 3 is 2.30 bits per heavy atom. The van der Waals surface area contributed by atoms with Gasteiger partial charge in [0.25, 0.3) is 5.56 Å². The molecule has 0 saturated carbocycles. The summed E-state index contributed by atoms with van der Waals surface area (Å²) in [5.74, 6) is -0.0172. The van der Waals surface area contributed by atoms with Crippen molar-refractivity contribution in [2.45, 2.75) is 11.8 Å². The minimum absolute atomic E-state index is 0.0576. The first-order chi connectivity index (χ1) is 15.6. The summed E-state index contributed by atoms with van der Waals surface area (Å²) in [5, 5.41) is 2.56. The highest BCUT2D eigenvalue weighted by molar-refractivity contribution is 7.89. The first-order valence-electron chi connectivity index (χ1n) is 9.94. The number of ether oxygens (including phenoxy) is 2. The van der Waals surface area contributed by atoms with E-state index < -0.39 is 28.0 Å². The zero-order valence-electron chi connectivity index (χ0n) is 19.0. The molecule has 0 aliphatic heterocycles. The largest absolute Gasteiger partial charge is 0.493 e. The van der Waals surface area contributed by atoms with E-state index in [1.54, 1.807) is 42.9 Å². The van der Waals surface area contributed by atoms with Crippen LogP contribution in [0.4, 0.5) is 5.69 Å². The number of sulfonamides is 1. The summed E-state index contributed by atoms with van der Waals surface area (Å²) in [6.07, 6.45) is 0. The molecule has 0 bridgehead atoms. The van der Waals surface area contributed by atoms with Crippen molar-refractivity contribution in [1.82, 2.24) is 13.7 Å². The maximum atomic E-state index is 13.0. The van der Waals surface area contributed by atoms with E-state index in [-0.39, 0.29) is 16.3 Å². The number of nitrogens with zero attached hydrogens (tertiary/aromatic N) is 3. The Bertz CT molecular complexity index is 1330. The predicted molar refractivity (Wildman–Crippen MR) is 124 cm³/mol. The number of likely N-dealkylation sites (N-methyl/N-ethyl adjacent to an activating group) is 1. The topological polar surface area (TPSA) is 112 Å². The Kier molecular flexibility index (Phi) is 6.94. The van der Waals surface area contributed by atoms with Gasteiger partial charge in [0.1, 0.15) is 5.69 Å². The zero-order valence-corrected chi connectivity index (χ0v) is 19.8. The molecule has 0 spiro atoms. The number of para-hydroxylation sites is 1. The van der Waals surface area contributed by atoms with Gasteiger partial charge in [-0.2, -0.15) is 4.31 Å². The molecule has 0 unspecified atom stereocenters. The third-order valence-electron chi connectivity index (χ3n) is 5.25. The maximum absolute atomic E-state index is 13.0. The molecule has 33 heavy (non-hydrogen) atoms. The van der Waals surface area contributed by atoms with E-state index in [1.807, 2.05) is 6.07 Å². The van der Waals surface area contributed by atoms with Gasteiger partial charge in [-0.05, 0) is 31.2 Å². The molecule has 11 heteroatoms. The van der Waals surface area contributed by atoms with E-state index >= 15 is 0 Å². The number of methoxy groups -OCH3 is 2. The van der Waals surface area contributed by atoms with Crippen molar-refractivity contribution in [2.24, 2.45) is 7.05 Å². The van der Waals surface area contributed by atoms with Crippen molar-refractivity contribution < 1.29 is 22.7 Å². The van der Waals surface area contributed by atoms with Crippen LogP contribution in [0.25, 0.3) is 5.69 Å². The predicted octanol–water partition coefficient (Wildman–Crippen LogP) is 1.76. The van der Waals surface area contributed by atoms with Gasteiger partial charge in [-0.25, -0.2) is 13.1 Å². The minimum atomic E-state index is -4.00. The van der Waals surface area contributed by atoms with Crippen molar-refractivity contribution in [3.8, 4) is 17.2 Å². The zero-order chi connectivity index (χ0) is 24.3. The van der Waals surface area contributed by atoms with Crippen LogP contribution in [0, 0.1) is 6.92 Å². The Labute approximate surface area is 192 Å². The molecule has 3 aromatic rings. The van der Waals surface area contributed by atoms with Crippen LogP contribution < -0.4 is 20.3 Å². The number of rotatable bonds is 8. The quantitative estimate of drug-likeness (QED) is 0.533. The lowest BCUT2D eigenvalue weighted by Gasteiger charge is -2.17. The molecule has 176 valence electrons. The standard InChI is InChI=1S/C22H26N4O6S/c1-15-21(22(28)26(25(15)3)16-9-7-6-8-10-16)23-20(27)14-24(2)33(29,30)17-11-12-18(31-4)19(13-17)32-5/h6-13H,14H2,1-5H3,(H,23,27). The lowest BCUT2D eigenvalue weighted by atomic mass is 10.3. The second kappa shape index (κ2) is 9.51. The molecule has 0 saturated heterocycles. The lowest BCUT2D eigenvalue weighted by molar-refractivity contribution is -0.116. The molecule has 1 aromatic heterocycles. The Morgan fingerprint density at radius 1 is 1.06 bits per heavy atom. The van der Waals surface area contributed by atoms with E-state index in [1.165, 1.54) is 44.1 Å². The van der Waals surface area contributed by atoms with Crippen LogP contribution >= 0.6 is 0 Å². The van der Waals surface area contributed by atoms with Gasteiger partial charge in [0, 0.05) is 20.2 Å². The van der Waals surface area contributed by atoms with Crippen LogP contribution in [0.2, 0.25) is 0 Å². The number of carbonyl (C=O) groups is 1. The molecule has 1 heterocycles. The van der Waals surface area contributed by atoms with E-state index in [0.717, 1.165) is 4.31 Å². The fourth-order valence-electron chi connectivity index (χ4n) is 3.34. The number of hydrogen-bond donors (Lipinski definition) is 1. The molecule has 0 fully saturated rings. The number of hydrogen-bond acceptors (Lipinski definition) is 6. The summed E-state index contributed by atoms with van der Waals surface area (Å²) in [7, 11) is 1.83. The highest BCUT2D eigenvalue weighted by Gasteiger charge is 2.26. The summed E-state index contributed by atoms with van der Waals surface area (Å²) in [4.78, 5) is 25.6. The van der Waals surface area contributed by atoms with Gasteiger partial charge < -0.3 is 14.8 Å². The molecule has 10 nitrogen and oxygen atoms in total. The Morgan fingerprint density at radius 2 is 1.70 bits per heavy atom. The SMILES string of the molecule is COc1ccc(S(=O)(=O)N(C)CC(=O)Nc2c(C)n(C)n(-c3ccccc3)c2=O)cc1OC. The molecule has 1 N–H and O–H groups in total. The minimum Gasteiger partial charge on any atom is -0.493 e. The normalized spacial score (nSPS) is 11.5. The third-order valence-corrected chi connectivity index (χ3v) is 7.05. The molecule has 0 radical (unpaired) electrons. The second-order valence-corrected chi connectivity index (χ2v) is 9.31. The smallest absolute Gasteiger partial charge is 0.295 e. The molecule has 0 aliphatic carbocycles. The van der Waals surface area contributed by atoms with Crippen LogP contribution in [-0.4, -0.2) is 55.8 Å². The van der Waals surface area contributed by atoms with Crippen molar-refractivity contribution in [1.29, 1.82) is 0 Å². The average molecular weight is 475 g/mol. The van der Waals surface area contributed by atoms with Gasteiger partial charge in [-0.15, -0.1) is 0 Å². The second-order valence-electron chi connectivity index (χ2n) is 7.26. The fraction of sp³-hybridized carbons (Fsp3) is 0.273. The number of aromatic nitrogens is 2. The van der Waals surface area contributed by atoms with Gasteiger partial charge in [-0.1, -0.05) is 18.2 Å². The summed E-state index contributed by atoms with van der Waals surface area (Å²) in [6, 6.07) is 13.1. The molecular weight excluding hydrogens is 448 g/mol. The molecule has 3 rings (SSSR count). The van der Waals surface area contributed by atoms with E-state index in [9.17, 15) is 18.0 Å². The molecule has 0 atom stereocenters. The van der Waals surface area contributed by atoms with Crippen molar-refractivity contribution in [3.63, 3.8) is 0 Å². The Hall–Kier alpha value is -3.57. The molecular formula is C22H26N4O6S. The molecule has 2 aromatic carbocycles. The van der Waals surface area contributed by atoms with Crippen LogP contribution in [0.5, 0.6) is 11.5 Å². The fourth-order valence-corrected chi connectivity index (χ4v) is 4.48. The number of amides is 1. The third kappa shape index (κ3) is 4.64. The van der Waals surface area contributed by atoms with Gasteiger partial charge in [-0.3, -0.25) is 14.3 Å². The van der Waals surface area contributed by atoms with Crippen LogP contribution in [0.3, 0.4) is 0 Å². The van der Waals surface area contributed by atoms with E-state index in [4.69, 9.17) is 9.47 Å². The number of carbonyl (C=O) groups excluding carboxylic acids is 1. The lowest BCUT2D eigenvalue weighted by Crippen LogP contribution is -2.35. The number of benzene rings is 2. The van der Waals surface area contributed by atoms with Crippen LogP contribution in [0.1, 0.15) is 5.69 Å². The summed E-state index contributed by atoms with van der Waals surface area (Å²) < 4.78 is 40.1. The van der Waals surface area contributed by atoms with E-state index in [2.05, 4.69) is 5.32 Å². The van der Waals surface area contributed by atoms with Crippen LogP contribution in [-0.2, 0) is 21.9 Å². The molecule has 0 aliphatic rings. The first kappa shape index (κ1) is 24.1. The monoisotopic (exact) mass is 474 g/mol. The van der Waals surface area contributed by atoms with Gasteiger partial charge in [0.15, 0.2) is 11.5 Å². The van der Waals surface area contributed by atoms with Gasteiger partial charge >= 0.3 is 0 Å². The van der Waals surface area contributed by atoms with Gasteiger partial charge in [0.05, 0.1) is 37.0 Å². The van der Waals surface area contributed by atoms with Crippen molar-refractivity contribution >= 4 is 21.6 Å². The van der Waals surface area contributed by atoms with Crippen LogP contribution in [0.15, 0.2) is 58.2 Å². The number of anilines is 1. The maximum Gasteiger partial charge on any atom is 0.295 e. The van der Waals surface area contributed by atoms with Crippen molar-refractivity contribution in [3.05, 3.63) is 64.6 Å². The summed E-state index contributed by atoms with van der Waals surface area (Å²) in [6.45, 7) is 1.20.